The number of thioether (sulfide) groups is 1. The van der Waals surface area contributed by atoms with Gasteiger partial charge in [-0.25, -0.2) is 0 Å². The van der Waals surface area contributed by atoms with Crippen LogP contribution in [0.2, 0.25) is 0 Å². The van der Waals surface area contributed by atoms with Crippen molar-refractivity contribution in [3.63, 3.8) is 0 Å². The molecule has 0 fully saturated rings. The van der Waals surface area contributed by atoms with E-state index in [9.17, 15) is 0 Å². The SMILES string of the molecule is CC.CSc1ccc(N)cc1. The monoisotopic (exact) mass is 169 g/mol. The van der Waals surface area contributed by atoms with Crippen molar-refractivity contribution in [2.45, 2.75) is 18.7 Å². The van der Waals surface area contributed by atoms with Crippen molar-refractivity contribution >= 4 is 17.4 Å². The summed E-state index contributed by atoms with van der Waals surface area (Å²) in [6, 6.07) is 7.84. The number of rotatable bonds is 1. The highest BCUT2D eigenvalue weighted by Gasteiger charge is 1.85. The van der Waals surface area contributed by atoms with Gasteiger partial charge in [-0.3, -0.25) is 0 Å². The first-order chi connectivity index (χ1) is 5.33. The van der Waals surface area contributed by atoms with E-state index in [4.69, 9.17) is 5.73 Å². The molecule has 0 radical (unpaired) electrons. The van der Waals surface area contributed by atoms with Crippen LogP contribution in [0.5, 0.6) is 0 Å². The van der Waals surface area contributed by atoms with Crippen molar-refractivity contribution in [3.05, 3.63) is 24.3 Å². The molecule has 0 aliphatic rings. The summed E-state index contributed by atoms with van der Waals surface area (Å²) < 4.78 is 0. The zero-order valence-corrected chi connectivity index (χ0v) is 8.11. The normalized spacial score (nSPS) is 8.27. The van der Waals surface area contributed by atoms with Gasteiger partial charge >= 0.3 is 0 Å². The minimum atomic E-state index is 0.827. The quantitative estimate of drug-likeness (QED) is 0.516. The molecule has 1 rings (SSSR count). The standard InChI is InChI=1S/C7H9NS.C2H6/c1-9-7-4-2-6(8)3-5-7;1-2/h2-5H,8H2,1H3;1-2H3. The van der Waals surface area contributed by atoms with Crippen molar-refractivity contribution < 1.29 is 0 Å². The smallest absolute Gasteiger partial charge is 0.0314 e. The van der Waals surface area contributed by atoms with E-state index in [1.165, 1.54) is 4.90 Å². The molecule has 0 atom stereocenters. The predicted molar refractivity (Wildman–Crippen MR) is 54.0 cm³/mol. The fourth-order valence-electron chi connectivity index (χ4n) is 0.604. The highest BCUT2D eigenvalue weighted by Crippen LogP contribution is 2.14. The van der Waals surface area contributed by atoms with Crippen molar-refractivity contribution in [1.82, 2.24) is 0 Å². The minimum absolute atomic E-state index is 0.827. The fraction of sp³-hybridized carbons (Fsp3) is 0.333. The Morgan fingerprint density at radius 1 is 1.09 bits per heavy atom. The van der Waals surface area contributed by atoms with Gasteiger partial charge in [0.05, 0.1) is 0 Å². The second-order valence-corrected chi connectivity index (χ2v) is 2.65. The Balaban J connectivity index is 0.000000461. The number of hydrogen-bond acceptors (Lipinski definition) is 2. The lowest BCUT2D eigenvalue weighted by Crippen LogP contribution is -1.81. The van der Waals surface area contributed by atoms with E-state index in [1.54, 1.807) is 11.8 Å². The van der Waals surface area contributed by atoms with Gasteiger partial charge in [-0.2, -0.15) is 0 Å². The summed E-state index contributed by atoms with van der Waals surface area (Å²) in [6.07, 6.45) is 2.05. The number of nitrogens with two attached hydrogens (primary N) is 1. The Kier molecular flexibility index (Phi) is 5.75. The molecule has 1 aromatic rings. The first-order valence-corrected chi connectivity index (χ1v) is 4.95. The van der Waals surface area contributed by atoms with Gasteiger partial charge in [0.1, 0.15) is 0 Å². The van der Waals surface area contributed by atoms with E-state index in [0.717, 1.165) is 5.69 Å². The van der Waals surface area contributed by atoms with Gasteiger partial charge in [-0.1, -0.05) is 13.8 Å². The molecule has 0 saturated carbocycles. The number of anilines is 1. The lowest BCUT2D eigenvalue weighted by Gasteiger charge is -1.94. The third kappa shape index (κ3) is 3.94. The lowest BCUT2D eigenvalue weighted by atomic mass is 10.3. The van der Waals surface area contributed by atoms with E-state index < -0.39 is 0 Å². The molecule has 11 heavy (non-hydrogen) atoms. The Morgan fingerprint density at radius 2 is 1.55 bits per heavy atom. The summed E-state index contributed by atoms with van der Waals surface area (Å²) in [7, 11) is 0. The Hall–Kier alpha value is -0.630. The van der Waals surface area contributed by atoms with Crippen LogP contribution in [-0.2, 0) is 0 Å². The molecule has 0 aliphatic carbocycles. The summed E-state index contributed by atoms with van der Waals surface area (Å²) in [6.45, 7) is 4.00. The summed E-state index contributed by atoms with van der Waals surface area (Å²) in [5.41, 5.74) is 6.30. The van der Waals surface area contributed by atoms with E-state index in [2.05, 4.69) is 0 Å². The molecule has 0 spiro atoms. The second-order valence-electron chi connectivity index (χ2n) is 1.77. The molecular formula is C9H15NS. The van der Waals surface area contributed by atoms with Gasteiger partial charge < -0.3 is 5.73 Å². The van der Waals surface area contributed by atoms with Crippen LogP contribution in [-0.4, -0.2) is 6.26 Å². The maximum Gasteiger partial charge on any atom is 0.0314 e. The zero-order valence-electron chi connectivity index (χ0n) is 7.29. The minimum Gasteiger partial charge on any atom is -0.399 e. The molecule has 1 nitrogen and oxygen atoms in total. The Bertz CT molecular complexity index is 181. The maximum atomic E-state index is 5.47. The van der Waals surface area contributed by atoms with Gasteiger partial charge in [0.15, 0.2) is 0 Å². The number of benzene rings is 1. The maximum absolute atomic E-state index is 5.47. The van der Waals surface area contributed by atoms with Crippen LogP contribution < -0.4 is 5.73 Å². The molecule has 1 aromatic carbocycles. The van der Waals surface area contributed by atoms with Crippen molar-refractivity contribution in [3.8, 4) is 0 Å². The zero-order chi connectivity index (χ0) is 8.69. The first kappa shape index (κ1) is 10.4. The van der Waals surface area contributed by atoms with Gasteiger partial charge in [0.2, 0.25) is 0 Å². The van der Waals surface area contributed by atoms with Crippen LogP contribution >= 0.6 is 11.8 Å². The Labute approximate surface area is 73.0 Å². The largest absolute Gasteiger partial charge is 0.399 e. The van der Waals surface area contributed by atoms with Crippen molar-refractivity contribution in [1.29, 1.82) is 0 Å². The average molecular weight is 169 g/mol. The van der Waals surface area contributed by atoms with Gasteiger partial charge in [-0.05, 0) is 30.5 Å². The van der Waals surface area contributed by atoms with Crippen LogP contribution in [0.1, 0.15) is 13.8 Å². The third-order valence-electron chi connectivity index (χ3n) is 1.12. The predicted octanol–water partition coefficient (Wildman–Crippen LogP) is 3.02. The average Bonchev–Trinajstić information content (AvgIpc) is 2.10. The molecule has 0 saturated heterocycles. The summed E-state index contributed by atoms with van der Waals surface area (Å²) in [5.74, 6) is 0. The van der Waals surface area contributed by atoms with Gasteiger partial charge in [0, 0.05) is 10.6 Å². The summed E-state index contributed by atoms with van der Waals surface area (Å²) >= 11 is 1.72. The molecule has 0 amide bonds. The fourth-order valence-corrected chi connectivity index (χ4v) is 1.01. The van der Waals surface area contributed by atoms with E-state index in [0.29, 0.717) is 0 Å². The van der Waals surface area contributed by atoms with Crippen LogP contribution in [0.3, 0.4) is 0 Å². The van der Waals surface area contributed by atoms with Crippen LogP contribution in [0, 0.1) is 0 Å². The van der Waals surface area contributed by atoms with Crippen molar-refractivity contribution in [2.75, 3.05) is 12.0 Å². The molecule has 0 heterocycles. The van der Waals surface area contributed by atoms with Gasteiger partial charge in [-0.15, -0.1) is 11.8 Å². The van der Waals surface area contributed by atoms with E-state index in [-0.39, 0.29) is 0 Å². The highest BCUT2D eigenvalue weighted by molar-refractivity contribution is 7.98. The Morgan fingerprint density at radius 3 is 1.91 bits per heavy atom. The third-order valence-corrected chi connectivity index (χ3v) is 1.86. The first-order valence-electron chi connectivity index (χ1n) is 3.72. The van der Waals surface area contributed by atoms with Crippen LogP contribution in [0.4, 0.5) is 5.69 Å². The van der Waals surface area contributed by atoms with Crippen LogP contribution in [0.25, 0.3) is 0 Å². The lowest BCUT2D eigenvalue weighted by molar-refractivity contribution is 1.47. The highest BCUT2D eigenvalue weighted by atomic mass is 32.2. The molecule has 0 bridgehead atoms. The van der Waals surface area contributed by atoms with Crippen molar-refractivity contribution in [2.24, 2.45) is 0 Å². The molecular weight excluding hydrogens is 154 g/mol. The topological polar surface area (TPSA) is 26.0 Å². The molecule has 0 aliphatic heterocycles. The number of nitrogen functional groups attached to an aromatic ring is 1. The molecule has 0 unspecified atom stereocenters. The second kappa shape index (κ2) is 6.10. The van der Waals surface area contributed by atoms with E-state index in [1.807, 2.05) is 44.4 Å². The summed E-state index contributed by atoms with van der Waals surface area (Å²) in [5, 5.41) is 0. The van der Waals surface area contributed by atoms with Crippen LogP contribution in [0.15, 0.2) is 29.2 Å². The van der Waals surface area contributed by atoms with E-state index >= 15 is 0 Å². The molecule has 62 valence electrons. The summed E-state index contributed by atoms with van der Waals surface area (Å²) in [4.78, 5) is 1.25. The number of hydrogen-bond donors (Lipinski definition) is 1. The van der Waals surface area contributed by atoms with Gasteiger partial charge in [0.25, 0.3) is 0 Å². The molecule has 0 aromatic heterocycles. The molecule has 2 heteroatoms. The molecule has 2 N–H and O–H groups in total.